The average molecular weight is 348 g/mol. The summed E-state index contributed by atoms with van der Waals surface area (Å²) in [5, 5.41) is 3.02. The molecule has 1 aliphatic carbocycles. The average Bonchev–Trinajstić information content (AvgIpc) is 2.77. The Kier molecular flexibility index (Phi) is 5.83. The molecule has 0 spiro atoms. The maximum Gasteiger partial charge on any atom is 0.240 e. The van der Waals surface area contributed by atoms with Crippen molar-refractivity contribution in [1.82, 2.24) is 5.32 Å². The monoisotopic (exact) mass is 346 g/mol. The summed E-state index contributed by atoms with van der Waals surface area (Å²) in [6.45, 7) is 1.98. The summed E-state index contributed by atoms with van der Waals surface area (Å²) in [6.07, 6.45) is 3.69. The molecule has 1 amide bonds. The Bertz CT molecular complexity index is 447. The molecular formula is C14H20BrClN2O. The number of halogens is 2. The van der Waals surface area contributed by atoms with Gasteiger partial charge in [-0.05, 0) is 37.5 Å². The number of hydrogen-bond donors (Lipinski definition) is 2. The van der Waals surface area contributed by atoms with Crippen LogP contribution in [-0.4, -0.2) is 11.4 Å². The fraction of sp³-hybridized carbons (Fsp3) is 0.500. The van der Waals surface area contributed by atoms with Crippen molar-refractivity contribution in [2.24, 2.45) is 5.73 Å². The fourth-order valence-electron chi connectivity index (χ4n) is 2.43. The Morgan fingerprint density at radius 1 is 1.42 bits per heavy atom. The Hall–Kier alpha value is -0.580. The van der Waals surface area contributed by atoms with E-state index >= 15 is 0 Å². The van der Waals surface area contributed by atoms with Crippen LogP contribution in [0.3, 0.4) is 0 Å². The van der Waals surface area contributed by atoms with Gasteiger partial charge in [-0.25, -0.2) is 0 Å². The van der Waals surface area contributed by atoms with E-state index in [2.05, 4.69) is 21.2 Å². The van der Waals surface area contributed by atoms with Crippen LogP contribution in [0, 0.1) is 0 Å². The lowest BCUT2D eigenvalue weighted by molar-refractivity contribution is -0.126. The van der Waals surface area contributed by atoms with Gasteiger partial charge in [0.25, 0.3) is 0 Å². The molecule has 106 valence electrons. The van der Waals surface area contributed by atoms with Crippen LogP contribution in [-0.2, 0) is 4.79 Å². The maximum absolute atomic E-state index is 12.2. The molecule has 1 saturated carbocycles. The molecule has 2 rings (SSSR count). The zero-order valence-electron chi connectivity index (χ0n) is 11.0. The molecule has 19 heavy (non-hydrogen) atoms. The quantitative estimate of drug-likeness (QED) is 0.881. The van der Waals surface area contributed by atoms with Crippen LogP contribution in [0.25, 0.3) is 0 Å². The minimum atomic E-state index is -0.653. The number of benzene rings is 1. The summed E-state index contributed by atoms with van der Waals surface area (Å²) < 4.78 is 1.02. The molecule has 1 aromatic carbocycles. The zero-order chi connectivity index (χ0) is 13.2. The van der Waals surface area contributed by atoms with Gasteiger partial charge in [0.1, 0.15) is 0 Å². The molecule has 0 saturated heterocycles. The van der Waals surface area contributed by atoms with Gasteiger partial charge in [-0.15, -0.1) is 12.4 Å². The lowest BCUT2D eigenvalue weighted by Gasteiger charge is -2.25. The first-order valence-corrected chi connectivity index (χ1v) is 7.16. The molecule has 0 radical (unpaired) electrons. The Balaban J connectivity index is 0.00000180. The topological polar surface area (TPSA) is 55.1 Å². The maximum atomic E-state index is 12.2. The van der Waals surface area contributed by atoms with Gasteiger partial charge in [-0.3, -0.25) is 4.79 Å². The van der Waals surface area contributed by atoms with Gasteiger partial charge in [0.05, 0.1) is 11.6 Å². The van der Waals surface area contributed by atoms with Crippen molar-refractivity contribution < 1.29 is 4.79 Å². The second-order valence-corrected chi connectivity index (χ2v) is 6.03. The number of nitrogens with two attached hydrogens (primary N) is 1. The van der Waals surface area contributed by atoms with E-state index in [0.29, 0.717) is 0 Å². The van der Waals surface area contributed by atoms with E-state index in [4.69, 9.17) is 5.73 Å². The molecule has 3 N–H and O–H groups in total. The molecule has 3 nitrogen and oxygen atoms in total. The van der Waals surface area contributed by atoms with Crippen LogP contribution in [0.5, 0.6) is 0 Å². The fourth-order valence-corrected chi connectivity index (χ4v) is 2.85. The second-order valence-electron chi connectivity index (χ2n) is 5.11. The molecule has 1 atom stereocenters. The SMILES string of the molecule is CC(NC(=O)C1(N)CCCC1)c1cccc(Br)c1.Cl. The van der Waals surface area contributed by atoms with E-state index in [-0.39, 0.29) is 24.4 Å². The molecule has 1 aromatic rings. The van der Waals surface area contributed by atoms with Crippen molar-refractivity contribution in [1.29, 1.82) is 0 Å². The molecule has 1 unspecified atom stereocenters. The minimum Gasteiger partial charge on any atom is -0.348 e. The highest BCUT2D eigenvalue weighted by molar-refractivity contribution is 9.10. The summed E-state index contributed by atoms with van der Waals surface area (Å²) >= 11 is 3.44. The molecule has 0 aromatic heterocycles. The predicted molar refractivity (Wildman–Crippen MR) is 83.3 cm³/mol. The van der Waals surface area contributed by atoms with Crippen LogP contribution in [0.1, 0.15) is 44.2 Å². The third-order valence-corrected chi connectivity index (χ3v) is 4.14. The summed E-state index contributed by atoms with van der Waals surface area (Å²) in [5.41, 5.74) is 6.57. The van der Waals surface area contributed by atoms with Gasteiger partial charge in [-0.1, -0.05) is 40.9 Å². The molecule has 1 aliphatic rings. The highest BCUT2D eigenvalue weighted by Gasteiger charge is 2.37. The van der Waals surface area contributed by atoms with E-state index in [1.54, 1.807) is 0 Å². The van der Waals surface area contributed by atoms with Crippen LogP contribution < -0.4 is 11.1 Å². The minimum absolute atomic E-state index is 0. The number of hydrogen-bond acceptors (Lipinski definition) is 2. The largest absolute Gasteiger partial charge is 0.348 e. The third-order valence-electron chi connectivity index (χ3n) is 3.64. The lowest BCUT2D eigenvalue weighted by atomic mass is 9.97. The first kappa shape index (κ1) is 16.5. The first-order chi connectivity index (χ1) is 8.51. The Morgan fingerprint density at radius 2 is 2.05 bits per heavy atom. The van der Waals surface area contributed by atoms with Gasteiger partial charge in [-0.2, -0.15) is 0 Å². The van der Waals surface area contributed by atoms with Crippen LogP contribution in [0.2, 0.25) is 0 Å². The van der Waals surface area contributed by atoms with Gasteiger partial charge in [0.2, 0.25) is 5.91 Å². The number of rotatable bonds is 3. The van der Waals surface area contributed by atoms with Crippen molar-refractivity contribution in [3.63, 3.8) is 0 Å². The van der Waals surface area contributed by atoms with Crippen LogP contribution >= 0.6 is 28.3 Å². The van der Waals surface area contributed by atoms with E-state index in [9.17, 15) is 4.79 Å². The molecule has 0 aliphatic heterocycles. The summed E-state index contributed by atoms with van der Waals surface area (Å²) in [7, 11) is 0. The highest BCUT2D eigenvalue weighted by atomic mass is 79.9. The molecular weight excluding hydrogens is 328 g/mol. The third kappa shape index (κ3) is 3.94. The number of carbonyl (C=O) groups is 1. The van der Waals surface area contributed by atoms with E-state index in [1.807, 2.05) is 31.2 Å². The standard InChI is InChI=1S/C14H19BrN2O.ClH/c1-10(11-5-4-6-12(15)9-11)17-13(18)14(16)7-2-3-8-14;/h4-6,9-10H,2-3,7-8,16H2,1H3,(H,17,18);1H. The lowest BCUT2D eigenvalue weighted by Crippen LogP contribution is -2.52. The van der Waals surface area contributed by atoms with E-state index in [0.717, 1.165) is 35.7 Å². The summed E-state index contributed by atoms with van der Waals surface area (Å²) in [6, 6.07) is 7.95. The zero-order valence-corrected chi connectivity index (χ0v) is 13.4. The van der Waals surface area contributed by atoms with Gasteiger partial charge in [0.15, 0.2) is 0 Å². The first-order valence-electron chi connectivity index (χ1n) is 6.36. The second kappa shape index (κ2) is 6.73. The summed E-state index contributed by atoms with van der Waals surface area (Å²) in [4.78, 5) is 12.2. The van der Waals surface area contributed by atoms with Crippen LogP contribution in [0.4, 0.5) is 0 Å². The van der Waals surface area contributed by atoms with E-state index < -0.39 is 5.54 Å². The smallest absolute Gasteiger partial charge is 0.240 e. The molecule has 5 heteroatoms. The van der Waals surface area contributed by atoms with Crippen LogP contribution in [0.15, 0.2) is 28.7 Å². The molecule has 1 fully saturated rings. The van der Waals surface area contributed by atoms with Crippen molar-refractivity contribution in [3.05, 3.63) is 34.3 Å². The predicted octanol–water partition coefficient (Wildman–Crippen LogP) is 3.32. The van der Waals surface area contributed by atoms with Crippen molar-refractivity contribution in [2.75, 3.05) is 0 Å². The molecule has 0 heterocycles. The Labute approximate surface area is 128 Å². The number of carbonyl (C=O) groups excluding carboxylic acids is 1. The number of nitrogens with one attached hydrogen (secondary N) is 1. The van der Waals surface area contributed by atoms with E-state index in [1.165, 1.54) is 0 Å². The van der Waals surface area contributed by atoms with Gasteiger partial charge < -0.3 is 11.1 Å². The number of amides is 1. The van der Waals surface area contributed by atoms with Gasteiger partial charge >= 0.3 is 0 Å². The van der Waals surface area contributed by atoms with Gasteiger partial charge in [0, 0.05) is 4.47 Å². The molecule has 0 bridgehead atoms. The van der Waals surface area contributed by atoms with Crippen molar-refractivity contribution in [3.8, 4) is 0 Å². The normalized spacial score (nSPS) is 18.5. The van der Waals surface area contributed by atoms with Crippen molar-refractivity contribution in [2.45, 2.75) is 44.2 Å². The Morgan fingerprint density at radius 3 is 2.63 bits per heavy atom. The highest BCUT2D eigenvalue weighted by Crippen LogP contribution is 2.28. The summed E-state index contributed by atoms with van der Waals surface area (Å²) in [5.74, 6) is -0.0209. The van der Waals surface area contributed by atoms with Crippen molar-refractivity contribution >= 4 is 34.2 Å².